The first-order valence-corrected chi connectivity index (χ1v) is 14.7. The molecule has 0 spiro atoms. The van der Waals surface area contributed by atoms with Gasteiger partial charge in [0, 0.05) is 44.8 Å². The zero-order valence-corrected chi connectivity index (χ0v) is 25.6. The third-order valence-corrected chi connectivity index (χ3v) is 7.99. The number of carbonyl (C=O) groups excluding carboxylic acids is 3. The van der Waals surface area contributed by atoms with Gasteiger partial charge in [0.2, 0.25) is 11.8 Å². The van der Waals surface area contributed by atoms with Gasteiger partial charge in [-0.15, -0.1) is 0 Å². The van der Waals surface area contributed by atoms with E-state index in [0.717, 1.165) is 22.7 Å². The number of halogens is 3. The number of carbonyl (C=O) groups is 3. The number of ether oxygens (including phenoxy) is 2. The molecule has 0 saturated carbocycles. The van der Waals surface area contributed by atoms with Crippen molar-refractivity contribution < 1.29 is 37.0 Å². The molecule has 13 heteroatoms. The number of amides is 3. The van der Waals surface area contributed by atoms with Crippen LogP contribution in [-0.4, -0.2) is 85.4 Å². The lowest BCUT2D eigenvalue weighted by Gasteiger charge is -2.40. The van der Waals surface area contributed by atoms with Crippen molar-refractivity contribution in [1.29, 1.82) is 0 Å². The largest absolute Gasteiger partial charge is 0.444 e. The Morgan fingerprint density at radius 1 is 1.05 bits per heavy atom. The van der Waals surface area contributed by atoms with E-state index in [4.69, 9.17) is 9.47 Å². The van der Waals surface area contributed by atoms with Gasteiger partial charge in [0.25, 0.3) is 0 Å². The number of anilines is 3. The van der Waals surface area contributed by atoms with Gasteiger partial charge in [0.1, 0.15) is 17.5 Å². The van der Waals surface area contributed by atoms with E-state index in [1.54, 1.807) is 11.9 Å². The molecule has 1 aromatic heterocycles. The van der Waals surface area contributed by atoms with E-state index in [9.17, 15) is 27.6 Å². The predicted octanol–water partition coefficient (Wildman–Crippen LogP) is 4.64. The number of rotatable bonds is 6. The highest BCUT2D eigenvalue weighted by molar-refractivity contribution is 6.10. The first-order chi connectivity index (χ1) is 20.6. The summed E-state index contributed by atoms with van der Waals surface area (Å²) in [6, 6.07) is 8.16. The smallest absolute Gasteiger partial charge is 0.416 e. The monoisotopic (exact) mass is 617 g/mol. The van der Waals surface area contributed by atoms with Gasteiger partial charge in [0.15, 0.2) is 0 Å². The molecule has 238 valence electrons. The summed E-state index contributed by atoms with van der Waals surface area (Å²) < 4.78 is 52.3. The average Bonchev–Trinajstić information content (AvgIpc) is 3.23. The average molecular weight is 618 g/mol. The Morgan fingerprint density at radius 3 is 2.39 bits per heavy atom. The van der Waals surface area contributed by atoms with E-state index in [0.29, 0.717) is 44.9 Å². The molecule has 1 aromatic carbocycles. The van der Waals surface area contributed by atoms with Gasteiger partial charge in [-0.3, -0.25) is 14.5 Å². The van der Waals surface area contributed by atoms with Gasteiger partial charge >= 0.3 is 12.3 Å². The number of benzene rings is 1. The molecular weight excluding hydrogens is 579 g/mol. The number of hydrogen-bond acceptors (Lipinski definition) is 7. The normalized spacial score (nSPS) is 21.1. The summed E-state index contributed by atoms with van der Waals surface area (Å²) in [4.78, 5) is 50.0. The Kier molecular flexibility index (Phi) is 8.54. The third kappa shape index (κ3) is 6.62. The second-order valence-electron chi connectivity index (χ2n) is 12.6. The molecule has 2 fully saturated rings. The Balaban J connectivity index is 1.30. The minimum Gasteiger partial charge on any atom is -0.444 e. The molecule has 2 aromatic rings. The van der Waals surface area contributed by atoms with E-state index in [1.807, 2.05) is 45.0 Å². The molecule has 2 saturated heterocycles. The Bertz CT molecular complexity index is 1420. The van der Waals surface area contributed by atoms with E-state index in [2.05, 4.69) is 9.88 Å². The molecule has 0 bridgehead atoms. The SMILES string of the molecule is Cc1cc(C(F)(F)F)cc(N2C(=O)C[C@@H]3CN(CCCOC4CN(C(=O)OC(C)(C)C)C4)c4ccccc4N(C)C(=O)[C@H]32)n1. The van der Waals surface area contributed by atoms with Crippen molar-refractivity contribution in [2.45, 2.75) is 64.5 Å². The van der Waals surface area contributed by atoms with Crippen LogP contribution in [0.25, 0.3) is 0 Å². The maximum atomic E-state index is 13.9. The van der Waals surface area contributed by atoms with Crippen molar-refractivity contribution in [3.63, 3.8) is 0 Å². The fourth-order valence-corrected chi connectivity index (χ4v) is 5.94. The van der Waals surface area contributed by atoms with Crippen LogP contribution in [0.4, 0.5) is 35.2 Å². The van der Waals surface area contributed by atoms with Crippen LogP contribution in [0.5, 0.6) is 0 Å². The molecule has 0 unspecified atom stereocenters. The first kappa shape index (κ1) is 31.6. The molecule has 3 amide bonds. The van der Waals surface area contributed by atoms with Gasteiger partial charge in [-0.05, 0) is 58.4 Å². The highest BCUT2D eigenvalue weighted by Crippen LogP contribution is 2.40. The third-order valence-electron chi connectivity index (χ3n) is 7.99. The van der Waals surface area contributed by atoms with Crippen molar-refractivity contribution in [3.05, 3.63) is 47.7 Å². The zero-order chi connectivity index (χ0) is 32.0. The van der Waals surface area contributed by atoms with E-state index < -0.39 is 35.2 Å². The molecule has 3 aliphatic heterocycles. The lowest BCUT2D eigenvalue weighted by Crippen LogP contribution is -2.56. The number of fused-ring (bicyclic) bond motifs is 2. The molecule has 10 nitrogen and oxygen atoms in total. The molecule has 2 atom stereocenters. The van der Waals surface area contributed by atoms with Crippen molar-refractivity contribution in [2.75, 3.05) is 54.5 Å². The first-order valence-electron chi connectivity index (χ1n) is 14.7. The van der Waals surface area contributed by atoms with Crippen LogP contribution in [0, 0.1) is 12.8 Å². The molecule has 0 aliphatic carbocycles. The predicted molar refractivity (Wildman–Crippen MR) is 158 cm³/mol. The summed E-state index contributed by atoms with van der Waals surface area (Å²) in [5.74, 6) is -1.47. The fraction of sp³-hybridized carbons (Fsp3) is 0.548. The van der Waals surface area contributed by atoms with Crippen molar-refractivity contribution in [1.82, 2.24) is 9.88 Å². The molecule has 3 aliphatic rings. The van der Waals surface area contributed by atoms with Gasteiger partial charge in [0.05, 0.1) is 36.1 Å². The molecule has 0 N–H and O–H groups in total. The van der Waals surface area contributed by atoms with Crippen LogP contribution >= 0.6 is 0 Å². The summed E-state index contributed by atoms with van der Waals surface area (Å²) in [6.07, 6.45) is -4.44. The van der Waals surface area contributed by atoms with Crippen LogP contribution in [0.1, 0.15) is 44.9 Å². The highest BCUT2D eigenvalue weighted by atomic mass is 19.4. The number of hydrogen-bond donors (Lipinski definition) is 0. The zero-order valence-electron chi connectivity index (χ0n) is 25.6. The van der Waals surface area contributed by atoms with Gasteiger partial charge in [-0.2, -0.15) is 13.2 Å². The standard InChI is InChI=1S/C31H38F3N5O5/c1-19-13-21(31(32,33)34)15-25(35-19)39-26(40)14-20-16-37(24-10-7-6-9-23(24)36(5)28(41)27(20)39)11-8-12-43-22-17-38(18-22)29(42)44-30(2,3)4/h6-7,9-10,13,15,20,22,27H,8,11-12,14,16-18H2,1-5H3/t20-,27+/m1/s1. The topological polar surface area (TPSA) is 95.5 Å². The highest BCUT2D eigenvalue weighted by Gasteiger charge is 2.49. The summed E-state index contributed by atoms with van der Waals surface area (Å²) >= 11 is 0. The summed E-state index contributed by atoms with van der Waals surface area (Å²) in [7, 11) is 1.61. The van der Waals surface area contributed by atoms with E-state index in [1.165, 1.54) is 11.8 Å². The summed E-state index contributed by atoms with van der Waals surface area (Å²) in [6.45, 7) is 9.14. The minimum absolute atomic E-state index is 0.00103. The Morgan fingerprint density at radius 2 is 1.73 bits per heavy atom. The van der Waals surface area contributed by atoms with Gasteiger partial charge < -0.3 is 24.2 Å². The summed E-state index contributed by atoms with van der Waals surface area (Å²) in [5, 5.41) is 0. The number of alkyl halides is 3. The van der Waals surface area contributed by atoms with Gasteiger partial charge in [-0.1, -0.05) is 12.1 Å². The minimum atomic E-state index is -4.63. The molecule has 44 heavy (non-hydrogen) atoms. The summed E-state index contributed by atoms with van der Waals surface area (Å²) in [5.41, 5.74) is 0.0739. The molecule has 5 rings (SSSR count). The van der Waals surface area contributed by atoms with Gasteiger partial charge in [-0.25, -0.2) is 9.78 Å². The Hall–Kier alpha value is -3.87. The van der Waals surface area contributed by atoms with Crippen molar-refractivity contribution >= 4 is 35.1 Å². The maximum Gasteiger partial charge on any atom is 0.416 e. The molecule has 0 radical (unpaired) electrons. The number of likely N-dealkylation sites (N-methyl/N-ethyl adjacent to an activating group) is 1. The lowest BCUT2D eigenvalue weighted by atomic mass is 9.95. The van der Waals surface area contributed by atoms with Crippen LogP contribution in [-0.2, 0) is 25.2 Å². The fourth-order valence-electron chi connectivity index (χ4n) is 5.94. The maximum absolute atomic E-state index is 13.9. The van der Waals surface area contributed by atoms with E-state index in [-0.39, 0.29) is 36.0 Å². The number of aryl methyl sites for hydroxylation is 1. The Labute approximate surface area is 254 Å². The number of pyridine rings is 1. The number of nitrogens with zero attached hydrogens (tertiary/aromatic N) is 5. The molecular formula is C31H38F3N5O5. The van der Waals surface area contributed by atoms with Crippen LogP contribution in [0.2, 0.25) is 0 Å². The lowest BCUT2D eigenvalue weighted by molar-refractivity contribution is -0.137. The number of para-hydroxylation sites is 2. The number of likely N-dealkylation sites (tertiary alicyclic amines) is 1. The number of aromatic nitrogens is 1. The quantitative estimate of drug-likeness (QED) is 0.436. The second kappa shape index (κ2) is 11.9. The second-order valence-corrected chi connectivity index (χ2v) is 12.6. The van der Waals surface area contributed by atoms with Crippen LogP contribution in [0.15, 0.2) is 36.4 Å². The van der Waals surface area contributed by atoms with Crippen LogP contribution < -0.4 is 14.7 Å². The van der Waals surface area contributed by atoms with Crippen LogP contribution in [0.3, 0.4) is 0 Å². The molecule has 4 heterocycles. The van der Waals surface area contributed by atoms with E-state index >= 15 is 0 Å². The van der Waals surface area contributed by atoms with Crippen molar-refractivity contribution in [2.24, 2.45) is 5.92 Å². The van der Waals surface area contributed by atoms with Crippen molar-refractivity contribution in [3.8, 4) is 0 Å².